The zero-order valence-electron chi connectivity index (χ0n) is 11.9. The lowest BCUT2D eigenvalue weighted by Gasteiger charge is -2.34. The lowest BCUT2D eigenvalue weighted by atomic mass is 10.3. The van der Waals surface area contributed by atoms with Crippen LogP contribution in [0.25, 0.3) is 0 Å². The summed E-state index contributed by atoms with van der Waals surface area (Å²) < 4.78 is 27.0. The van der Waals surface area contributed by atoms with Crippen LogP contribution in [-0.2, 0) is 16.4 Å². The van der Waals surface area contributed by atoms with E-state index in [1.807, 2.05) is 13.0 Å². The second-order valence-electron chi connectivity index (χ2n) is 5.13. The molecule has 5 nitrogen and oxygen atoms in total. The van der Waals surface area contributed by atoms with Gasteiger partial charge in [-0.25, -0.2) is 8.42 Å². The normalized spacial score (nSPS) is 20.1. The topological polar surface area (TPSA) is 60.9 Å². The summed E-state index contributed by atoms with van der Waals surface area (Å²) in [6, 6.07) is 3.60. The predicted octanol–water partition coefficient (Wildman–Crippen LogP) is 0.998. The number of piperazine rings is 1. The van der Waals surface area contributed by atoms with Crippen LogP contribution in [-0.4, -0.2) is 61.6 Å². The Kier molecular flexibility index (Phi) is 5.19. The summed E-state index contributed by atoms with van der Waals surface area (Å²) in [5, 5.41) is 9.37. The Bertz CT molecular complexity index is 532. The minimum Gasteiger partial charge on any atom is -0.392 e. The number of aliphatic hydroxyl groups is 1. The summed E-state index contributed by atoms with van der Waals surface area (Å²) in [7, 11) is -3.34. The first-order valence-corrected chi connectivity index (χ1v) is 9.18. The van der Waals surface area contributed by atoms with Crippen LogP contribution >= 0.6 is 11.3 Å². The predicted molar refractivity (Wildman–Crippen MR) is 80.6 cm³/mol. The molecule has 0 radical (unpaired) electrons. The van der Waals surface area contributed by atoms with Gasteiger partial charge in [-0.15, -0.1) is 11.3 Å². The molecule has 0 saturated carbocycles. The summed E-state index contributed by atoms with van der Waals surface area (Å²) in [6.07, 6.45) is 0.491. The number of thiophene rings is 1. The van der Waals surface area contributed by atoms with E-state index in [9.17, 15) is 13.5 Å². The van der Waals surface area contributed by atoms with Crippen molar-refractivity contribution in [3.63, 3.8) is 0 Å². The fourth-order valence-electron chi connectivity index (χ4n) is 2.34. The number of rotatable bonds is 5. The SMILES string of the molecule is CCc1ccc(S(=O)(=O)N2CCN(CC(C)O)CC2)s1. The maximum Gasteiger partial charge on any atom is 0.252 e. The Morgan fingerprint density at radius 1 is 1.30 bits per heavy atom. The molecule has 1 saturated heterocycles. The molecule has 0 aromatic carbocycles. The van der Waals surface area contributed by atoms with Gasteiger partial charge in [0.05, 0.1) is 6.10 Å². The quantitative estimate of drug-likeness (QED) is 0.880. The maximum absolute atomic E-state index is 12.5. The van der Waals surface area contributed by atoms with Gasteiger partial charge < -0.3 is 5.11 Å². The Hall–Kier alpha value is -0.470. The Balaban J connectivity index is 2.02. The van der Waals surface area contributed by atoms with Gasteiger partial charge in [-0.1, -0.05) is 6.92 Å². The second-order valence-corrected chi connectivity index (χ2v) is 8.46. The summed E-state index contributed by atoms with van der Waals surface area (Å²) >= 11 is 1.36. The smallest absolute Gasteiger partial charge is 0.252 e. The van der Waals surface area contributed by atoms with Gasteiger partial charge in [0.15, 0.2) is 0 Å². The van der Waals surface area contributed by atoms with Gasteiger partial charge in [0.1, 0.15) is 4.21 Å². The van der Waals surface area contributed by atoms with E-state index >= 15 is 0 Å². The highest BCUT2D eigenvalue weighted by atomic mass is 32.2. The van der Waals surface area contributed by atoms with Gasteiger partial charge in [0, 0.05) is 37.6 Å². The Labute approximate surface area is 124 Å². The first kappa shape index (κ1) is 15.9. The molecule has 1 aromatic heterocycles. The van der Waals surface area contributed by atoms with Gasteiger partial charge in [-0.2, -0.15) is 4.31 Å². The second kappa shape index (κ2) is 6.53. The highest BCUT2D eigenvalue weighted by Crippen LogP contribution is 2.25. The minimum atomic E-state index is -3.34. The highest BCUT2D eigenvalue weighted by Gasteiger charge is 2.29. The fourth-order valence-corrected chi connectivity index (χ4v) is 5.21. The van der Waals surface area contributed by atoms with Crippen LogP contribution in [0.5, 0.6) is 0 Å². The zero-order valence-corrected chi connectivity index (χ0v) is 13.6. The zero-order chi connectivity index (χ0) is 14.8. The van der Waals surface area contributed by atoms with Crippen molar-refractivity contribution in [3.8, 4) is 0 Å². The van der Waals surface area contributed by atoms with E-state index in [0.29, 0.717) is 36.9 Å². The van der Waals surface area contributed by atoms with Crippen LogP contribution in [0, 0.1) is 0 Å². The first-order valence-electron chi connectivity index (χ1n) is 6.92. The van der Waals surface area contributed by atoms with E-state index in [1.165, 1.54) is 11.3 Å². The van der Waals surface area contributed by atoms with Crippen molar-refractivity contribution in [2.24, 2.45) is 0 Å². The van der Waals surface area contributed by atoms with Crippen molar-refractivity contribution in [3.05, 3.63) is 17.0 Å². The third-order valence-electron chi connectivity index (χ3n) is 3.43. The molecule has 1 atom stereocenters. The number of β-amino-alcohol motifs (C(OH)–C–C–N with tert-alkyl or cyclic N) is 1. The van der Waals surface area contributed by atoms with Crippen molar-refractivity contribution >= 4 is 21.4 Å². The molecule has 20 heavy (non-hydrogen) atoms. The van der Waals surface area contributed by atoms with Gasteiger partial charge >= 0.3 is 0 Å². The number of aryl methyl sites for hydroxylation is 1. The van der Waals surface area contributed by atoms with Crippen LogP contribution in [0.3, 0.4) is 0 Å². The summed E-state index contributed by atoms with van der Waals surface area (Å²) in [5.41, 5.74) is 0. The molecular formula is C13H22N2O3S2. The molecule has 1 aliphatic rings. The van der Waals surface area contributed by atoms with Crippen LogP contribution < -0.4 is 0 Å². The third kappa shape index (κ3) is 3.59. The summed E-state index contributed by atoms with van der Waals surface area (Å²) in [6.45, 7) is 6.72. The molecule has 2 rings (SSSR count). The van der Waals surface area contributed by atoms with E-state index < -0.39 is 10.0 Å². The van der Waals surface area contributed by atoms with Crippen molar-refractivity contribution in [1.82, 2.24) is 9.21 Å². The van der Waals surface area contributed by atoms with Crippen molar-refractivity contribution < 1.29 is 13.5 Å². The average Bonchev–Trinajstić information content (AvgIpc) is 2.88. The molecule has 1 fully saturated rings. The molecule has 1 aliphatic heterocycles. The van der Waals surface area contributed by atoms with Gasteiger partial charge in [-0.05, 0) is 25.5 Å². The molecular weight excluding hydrogens is 296 g/mol. The number of hydrogen-bond acceptors (Lipinski definition) is 5. The minimum absolute atomic E-state index is 0.373. The van der Waals surface area contributed by atoms with Crippen molar-refractivity contribution in [1.29, 1.82) is 0 Å². The lowest BCUT2D eigenvalue weighted by Crippen LogP contribution is -2.49. The number of nitrogens with zero attached hydrogens (tertiary/aromatic N) is 2. The van der Waals surface area contributed by atoms with Crippen LogP contribution in [0.4, 0.5) is 0 Å². The molecule has 0 bridgehead atoms. The molecule has 1 N–H and O–H groups in total. The maximum atomic E-state index is 12.5. The van der Waals surface area contributed by atoms with E-state index in [0.717, 1.165) is 11.3 Å². The standard InChI is InChI=1S/C13H22N2O3S2/c1-3-12-4-5-13(19-12)20(17,18)15-8-6-14(7-9-15)10-11(2)16/h4-5,11,16H,3,6-10H2,1-2H3. The fraction of sp³-hybridized carbons (Fsp3) is 0.692. The molecule has 2 heterocycles. The molecule has 0 spiro atoms. The monoisotopic (exact) mass is 318 g/mol. The molecule has 0 aliphatic carbocycles. The van der Waals surface area contributed by atoms with Gasteiger partial charge in [0.2, 0.25) is 0 Å². The first-order chi connectivity index (χ1) is 9.43. The lowest BCUT2D eigenvalue weighted by molar-refractivity contribution is 0.103. The van der Waals surface area contributed by atoms with Crippen LogP contribution in [0.15, 0.2) is 16.3 Å². The van der Waals surface area contributed by atoms with Gasteiger partial charge in [-0.3, -0.25) is 4.90 Å². The molecule has 1 unspecified atom stereocenters. The van der Waals surface area contributed by atoms with Gasteiger partial charge in [0.25, 0.3) is 10.0 Å². The molecule has 0 amide bonds. The van der Waals surface area contributed by atoms with E-state index in [2.05, 4.69) is 4.90 Å². The van der Waals surface area contributed by atoms with E-state index in [-0.39, 0.29) is 6.10 Å². The molecule has 114 valence electrons. The number of sulfonamides is 1. The average molecular weight is 318 g/mol. The largest absolute Gasteiger partial charge is 0.392 e. The Morgan fingerprint density at radius 2 is 1.95 bits per heavy atom. The molecule has 7 heteroatoms. The molecule has 1 aromatic rings. The van der Waals surface area contributed by atoms with Crippen LogP contribution in [0.2, 0.25) is 0 Å². The summed E-state index contributed by atoms with van der Waals surface area (Å²) in [5.74, 6) is 0. The highest BCUT2D eigenvalue weighted by molar-refractivity contribution is 7.91. The summed E-state index contributed by atoms with van der Waals surface area (Å²) in [4.78, 5) is 3.19. The Morgan fingerprint density at radius 3 is 2.45 bits per heavy atom. The van der Waals surface area contributed by atoms with Crippen LogP contribution in [0.1, 0.15) is 18.7 Å². The van der Waals surface area contributed by atoms with E-state index in [1.54, 1.807) is 17.3 Å². The third-order valence-corrected chi connectivity index (χ3v) is 7.03. The van der Waals surface area contributed by atoms with Crippen molar-refractivity contribution in [2.45, 2.75) is 30.6 Å². The number of hydrogen-bond donors (Lipinski definition) is 1. The van der Waals surface area contributed by atoms with E-state index in [4.69, 9.17) is 0 Å². The van der Waals surface area contributed by atoms with Crippen molar-refractivity contribution in [2.75, 3.05) is 32.7 Å². The number of aliphatic hydroxyl groups excluding tert-OH is 1.